The molecular weight excluding hydrogens is 176 g/mol. The third-order valence-corrected chi connectivity index (χ3v) is 2.23. The number of imidazole rings is 1. The highest BCUT2D eigenvalue weighted by atomic mass is 15.2. The first-order valence-corrected chi connectivity index (χ1v) is 4.65. The summed E-state index contributed by atoms with van der Waals surface area (Å²) in [7, 11) is 1.95. The molecule has 0 aliphatic heterocycles. The Morgan fingerprint density at radius 1 is 1.79 bits per heavy atom. The fourth-order valence-electron chi connectivity index (χ4n) is 1.43. The predicted molar refractivity (Wildman–Crippen MR) is 56.0 cm³/mol. The van der Waals surface area contributed by atoms with Gasteiger partial charge >= 0.3 is 0 Å². The highest BCUT2D eigenvalue weighted by Crippen LogP contribution is 2.16. The van der Waals surface area contributed by atoms with Gasteiger partial charge in [-0.05, 0) is 12.8 Å². The van der Waals surface area contributed by atoms with E-state index in [4.69, 9.17) is 12.3 Å². The van der Waals surface area contributed by atoms with Crippen LogP contribution in [0.4, 0.5) is 0 Å². The number of nitrogens with one attached hydrogen (secondary N) is 1. The molecule has 3 N–H and O–H groups in total. The average molecular weight is 192 g/mol. The van der Waals surface area contributed by atoms with Gasteiger partial charge in [0.1, 0.15) is 0 Å². The lowest BCUT2D eigenvalue weighted by Crippen LogP contribution is -2.29. The maximum absolute atomic E-state index is 5.47. The summed E-state index contributed by atoms with van der Waals surface area (Å²) >= 11 is 0. The van der Waals surface area contributed by atoms with Gasteiger partial charge in [0.25, 0.3) is 0 Å². The number of hydrogen-bond acceptors (Lipinski definition) is 3. The molecule has 1 heterocycles. The van der Waals surface area contributed by atoms with Crippen molar-refractivity contribution in [2.45, 2.75) is 25.3 Å². The van der Waals surface area contributed by atoms with Gasteiger partial charge in [-0.25, -0.2) is 4.98 Å². The topological polar surface area (TPSA) is 55.9 Å². The molecule has 0 saturated carbocycles. The van der Waals surface area contributed by atoms with Gasteiger partial charge < -0.3 is 4.57 Å². The van der Waals surface area contributed by atoms with Crippen LogP contribution in [0.15, 0.2) is 12.5 Å². The van der Waals surface area contributed by atoms with Crippen LogP contribution in [-0.2, 0) is 7.05 Å². The normalized spacial score (nSPS) is 12.4. The number of nitrogens with zero attached hydrogens (tertiary/aromatic N) is 2. The Kier molecular flexibility index (Phi) is 4.17. The van der Waals surface area contributed by atoms with Crippen LogP contribution in [-0.4, -0.2) is 9.55 Å². The van der Waals surface area contributed by atoms with E-state index in [0.717, 1.165) is 25.0 Å². The number of terminal acetylenes is 1. The van der Waals surface area contributed by atoms with Gasteiger partial charge in [0.2, 0.25) is 0 Å². The monoisotopic (exact) mass is 192 g/mol. The highest BCUT2D eigenvalue weighted by Gasteiger charge is 2.11. The lowest BCUT2D eigenvalue weighted by molar-refractivity contribution is 0.479. The highest BCUT2D eigenvalue weighted by molar-refractivity contribution is 5.04. The number of aryl methyl sites for hydroxylation is 1. The van der Waals surface area contributed by atoms with Crippen molar-refractivity contribution in [3.8, 4) is 12.3 Å². The summed E-state index contributed by atoms with van der Waals surface area (Å²) in [5, 5.41) is 0. The van der Waals surface area contributed by atoms with E-state index in [9.17, 15) is 0 Å². The van der Waals surface area contributed by atoms with Gasteiger partial charge in [-0.15, -0.1) is 12.3 Å². The first kappa shape index (κ1) is 10.8. The SMILES string of the molecule is C#CCCCC(NN)c1cncn1C. The van der Waals surface area contributed by atoms with E-state index < -0.39 is 0 Å². The van der Waals surface area contributed by atoms with Crippen molar-refractivity contribution >= 4 is 0 Å². The van der Waals surface area contributed by atoms with E-state index in [2.05, 4.69) is 16.3 Å². The van der Waals surface area contributed by atoms with Gasteiger partial charge in [0.05, 0.1) is 18.1 Å². The van der Waals surface area contributed by atoms with Crippen LogP contribution in [0.1, 0.15) is 31.0 Å². The van der Waals surface area contributed by atoms with Gasteiger partial charge in [-0.2, -0.15) is 0 Å². The molecule has 0 fully saturated rings. The molecule has 0 bridgehead atoms. The van der Waals surface area contributed by atoms with Crippen molar-refractivity contribution in [2.75, 3.05) is 0 Å². The van der Waals surface area contributed by atoms with Crippen LogP contribution >= 0.6 is 0 Å². The zero-order chi connectivity index (χ0) is 10.4. The average Bonchev–Trinajstić information content (AvgIpc) is 2.60. The molecule has 0 aromatic carbocycles. The molecule has 1 aromatic rings. The van der Waals surface area contributed by atoms with Crippen molar-refractivity contribution in [3.05, 3.63) is 18.2 Å². The van der Waals surface area contributed by atoms with Crippen LogP contribution in [0, 0.1) is 12.3 Å². The van der Waals surface area contributed by atoms with Crippen LogP contribution in [0.5, 0.6) is 0 Å². The number of aromatic nitrogens is 2. The summed E-state index contributed by atoms with van der Waals surface area (Å²) < 4.78 is 1.96. The van der Waals surface area contributed by atoms with Crippen LogP contribution in [0.2, 0.25) is 0 Å². The van der Waals surface area contributed by atoms with Gasteiger partial charge in [0, 0.05) is 19.7 Å². The zero-order valence-corrected chi connectivity index (χ0v) is 8.40. The van der Waals surface area contributed by atoms with E-state index in [1.54, 1.807) is 6.33 Å². The van der Waals surface area contributed by atoms with Gasteiger partial charge in [0.15, 0.2) is 0 Å². The Labute approximate surface area is 84.5 Å². The summed E-state index contributed by atoms with van der Waals surface area (Å²) in [6.07, 6.45) is 11.5. The first-order valence-electron chi connectivity index (χ1n) is 4.65. The van der Waals surface area contributed by atoms with Crippen LogP contribution < -0.4 is 11.3 Å². The van der Waals surface area contributed by atoms with Gasteiger partial charge in [-0.3, -0.25) is 11.3 Å². The molecule has 4 nitrogen and oxygen atoms in total. The van der Waals surface area contributed by atoms with Crippen LogP contribution in [0.3, 0.4) is 0 Å². The number of nitrogens with two attached hydrogens (primary N) is 1. The lowest BCUT2D eigenvalue weighted by atomic mass is 10.1. The predicted octanol–water partition coefficient (Wildman–Crippen LogP) is 0.728. The molecule has 14 heavy (non-hydrogen) atoms. The minimum atomic E-state index is 0.135. The second-order valence-electron chi connectivity index (χ2n) is 3.25. The smallest absolute Gasteiger partial charge is 0.0946 e. The van der Waals surface area contributed by atoms with Crippen molar-refractivity contribution in [2.24, 2.45) is 12.9 Å². The third kappa shape index (κ3) is 2.59. The Morgan fingerprint density at radius 2 is 2.57 bits per heavy atom. The quantitative estimate of drug-likeness (QED) is 0.313. The fourth-order valence-corrected chi connectivity index (χ4v) is 1.43. The maximum atomic E-state index is 5.47. The molecule has 0 spiro atoms. The molecule has 0 aliphatic rings. The Morgan fingerprint density at radius 3 is 3.07 bits per heavy atom. The number of hydrazine groups is 1. The molecule has 4 heteroatoms. The van der Waals surface area contributed by atoms with E-state index in [0.29, 0.717) is 0 Å². The van der Waals surface area contributed by atoms with E-state index in [1.807, 2.05) is 17.8 Å². The zero-order valence-electron chi connectivity index (χ0n) is 8.40. The van der Waals surface area contributed by atoms with Crippen molar-refractivity contribution in [1.29, 1.82) is 0 Å². The standard InChI is InChI=1S/C10H16N4/c1-3-4-5-6-9(13-11)10-7-12-8-14(10)2/h1,7-9,13H,4-6,11H2,2H3. The Bertz CT molecular complexity index is 310. The molecule has 1 unspecified atom stereocenters. The van der Waals surface area contributed by atoms with Crippen LogP contribution in [0.25, 0.3) is 0 Å². The number of rotatable bonds is 5. The largest absolute Gasteiger partial charge is 0.336 e. The number of hydrogen-bond donors (Lipinski definition) is 2. The molecule has 76 valence electrons. The molecule has 0 radical (unpaired) electrons. The van der Waals surface area contributed by atoms with Crippen molar-refractivity contribution in [3.63, 3.8) is 0 Å². The summed E-state index contributed by atoms with van der Waals surface area (Å²) in [5.74, 6) is 8.09. The molecule has 0 aliphatic carbocycles. The molecular formula is C10H16N4. The lowest BCUT2D eigenvalue weighted by Gasteiger charge is -2.15. The number of unbranched alkanes of at least 4 members (excludes halogenated alkanes) is 1. The molecule has 1 atom stereocenters. The third-order valence-electron chi connectivity index (χ3n) is 2.23. The van der Waals surface area contributed by atoms with E-state index in [-0.39, 0.29) is 6.04 Å². The summed E-state index contributed by atoms with van der Waals surface area (Å²) in [4.78, 5) is 4.05. The van der Waals surface area contributed by atoms with Crippen molar-refractivity contribution in [1.82, 2.24) is 15.0 Å². The summed E-state index contributed by atoms with van der Waals surface area (Å²) in [6, 6.07) is 0.135. The second-order valence-corrected chi connectivity index (χ2v) is 3.25. The van der Waals surface area contributed by atoms with E-state index >= 15 is 0 Å². The minimum absolute atomic E-state index is 0.135. The molecule has 0 saturated heterocycles. The molecule has 0 amide bonds. The summed E-state index contributed by atoms with van der Waals surface area (Å²) in [5.41, 5.74) is 3.86. The molecule has 1 aromatic heterocycles. The molecule has 1 rings (SSSR count). The van der Waals surface area contributed by atoms with E-state index in [1.165, 1.54) is 0 Å². The maximum Gasteiger partial charge on any atom is 0.0946 e. The minimum Gasteiger partial charge on any atom is -0.336 e. The fraction of sp³-hybridized carbons (Fsp3) is 0.500. The van der Waals surface area contributed by atoms with Crippen molar-refractivity contribution < 1.29 is 0 Å². The van der Waals surface area contributed by atoms with Gasteiger partial charge in [-0.1, -0.05) is 0 Å². The summed E-state index contributed by atoms with van der Waals surface area (Å²) in [6.45, 7) is 0. The Hall–Kier alpha value is -1.31. The first-order chi connectivity index (χ1) is 6.79. The Balaban J connectivity index is 2.55. The second kappa shape index (κ2) is 5.43.